The van der Waals surface area contributed by atoms with Crippen molar-refractivity contribution in [3.8, 4) is 11.5 Å². The SMILES string of the molecule is COc1ccc(NC(=O)C(S)C(C)C)cc1OC. The number of carbonyl (C=O) groups is 1. The smallest absolute Gasteiger partial charge is 0.237 e. The Labute approximate surface area is 113 Å². The third kappa shape index (κ3) is 3.57. The highest BCUT2D eigenvalue weighted by molar-refractivity contribution is 7.81. The second kappa shape index (κ2) is 6.54. The lowest BCUT2D eigenvalue weighted by Gasteiger charge is -2.15. The molecule has 1 amide bonds. The van der Waals surface area contributed by atoms with Gasteiger partial charge in [-0.05, 0) is 18.1 Å². The van der Waals surface area contributed by atoms with Gasteiger partial charge in [-0.3, -0.25) is 4.79 Å². The van der Waals surface area contributed by atoms with E-state index in [2.05, 4.69) is 17.9 Å². The van der Waals surface area contributed by atoms with Crippen molar-refractivity contribution in [1.82, 2.24) is 0 Å². The third-order valence-corrected chi connectivity index (χ3v) is 3.38. The molecule has 1 aromatic carbocycles. The summed E-state index contributed by atoms with van der Waals surface area (Å²) in [4.78, 5) is 11.8. The fraction of sp³-hybridized carbons (Fsp3) is 0.462. The van der Waals surface area contributed by atoms with Crippen LogP contribution in [0.15, 0.2) is 18.2 Å². The first-order valence-electron chi connectivity index (χ1n) is 5.70. The Morgan fingerprint density at radius 1 is 1.22 bits per heavy atom. The van der Waals surface area contributed by atoms with E-state index in [0.717, 1.165) is 0 Å². The highest BCUT2D eigenvalue weighted by Crippen LogP contribution is 2.30. The van der Waals surface area contributed by atoms with Crippen molar-refractivity contribution in [3.05, 3.63) is 18.2 Å². The van der Waals surface area contributed by atoms with Crippen LogP contribution in [0.3, 0.4) is 0 Å². The zero-order valence-corrected chi connectivity index (χ0v) is 12.0. The summed E-state index contributed by atoms with van der Waals surface area (Å²) in [6, 6.07) is 5.23. The van der Waals surface area contributed by atoms with Crippen LogP contribution in [0.2, 0.25) is 0 Å². The molecule has 5 heteroatoms. The molecule has 0 saturated heterocycles. The quantitative estimate of drug-likeness (QED) is 0.808. The van der Waals surface area contributed by atoms with E-state index in [1.807, 2.05) is 13.8 Å². The van der Waals surface area contributed by atoms with Crippen LogP contribution in [0.5, 0.6) is 11.5 Å². The molecule has 1 atom stereocenters. The summed E-state index contributed by atoms with van der Waals surface area (Å²) in [7, 11) is 3.12. The average molecular weight is 269 g/mol. The molecule has 1 aromatic rings. The van der Waals surface area contributed by atoms with Gasteiger partial charge in [0.2, 0.25) is 5.91 Å². The van der Waals surface area contributed by atoms with Gasteiger partial charge in [0.05, 0.1) is 19.5 Å². The topological polar surface area (TPSA) is 47.6 Å². The number of carbonyl (C=O) groups excluding carboxylic acids is 1. The molecule has 0 spiro atoms. The molecule has 0 aliphatic heterocycles. The average Bonchev–Trinajstić information content (AvgIpc) is 2.37. The maximum atomic E-state index is 11.8. The molecule has 1 unspecified atom stereocenters. The number of hydrogen-bond donors (Lipinski definition) is 2. The molecule has 4 nitrogen and oxygen atoms in total. The van der Waals surface area contributed by atoms with E-state index in [-0.39, 0.29) is 17.1 Å². The minimum Gasteiger partial charge on any atom is -0.493 e. The summed E-state index contributed by atoms with van der Waals surface area (Å²) in [6.45, 7) is 3.90. The zero-order valence-electron chi connectivity index (χ0n) is 11.1. The molecule has 0 aliphatic rings. The fourth-order valence-corrected chi connectivity index (χ4v) is 1.50. The van der Waals surface area contributed by atoms with Crippen molar-refractivity contribution in [2.45, 2.75) is 19.1 Å². The maximum absolute atomic E-state index is 11.8. The van der Waals surface area contributed by atoms with Gasteiger partial charge in [-0.2, -0.15) is 12.6 Å². The first-order chi connectivity index (χ1) is 8.49. The standard InChI is InChI=1S/C13H19NO3S/c1-8(2)12(18)13(15)14-9-5-6-10(16-3)11(7-9)17-4/h5-8,12,18H,1-4H3,(H,14,15). The van der Waals surface area contributed by atoms with E-state index < -0.39 is 0 Å². The van der Waals surface area contributed by atoms with E-state index in [1.165, 1.54) is 0 Å². The summed E-state index contributed by atoms with van der Waals surface area (Å²) in [5, 5.41) is 2.46. The minimum absolute atomic E-state index is 0.124. The van der Waals surface area contributed by atoms with Crippen LogP contribution in [0.1, 0.15) is 13.8 Å². The number of amides is 1. The van der Waals surface area contributed by atoms with Gasteiger partial charge in [0.1, 0.15) is 0 Å². The van der Waals surface area contributed by atoms with Crippen LogP contribution in [-0.2, 0) is 4.79 Å². The second-order valence-electron chi connectivity index (χ2n) is 4.25. The van der Waals surface area contributed by atoms with E-state index in [0.29, 0.717) is 17.2 Å². The summed E-state index contributed by atoms with van der Waals surface area (Å²) < 4.78 is 10.3. The number of ether oxygens (including phenoxy) is 2. The van der Waals surface area contributed by atoms with Crippen LogP contribution in [0, 0.1) is 5.92 Å². The molecule has 18 heavy (non-hydrogen) atoms. The molecule has 0 saturated carbocycles. The van der Waals surface area contributed by atoms with Gasteiger partial charge in [0.15, 0.2) is 11.5 Å². The lowest BCUT2D eigenvalue weighted by atomic mass is 10.1. The van der Waals surface area contributed by atoms with Crippen molar-refractivity contribution < 1.29 is 14.3 Å². The van der Waals surface area contributed by atoms with E-state index in [1.54, 1.807) is 32.4 Å². The van der Waals surface area contributed by atoms with E-state index in [4.69, 9.17) is 9.47 Å². The summed E-state index contributed by atoms with van der Waals surface area (Å²) in [5.41, 5.74) is 0.664. The molecule has 0 heterocycles. The van der Waals surface area contributed by atoms with Gasteiger partial charge in [0, 0.05) is 11.8 Å². The molecule has 0 fully saturated rings. The Bertz CT molecular complexity index is 421. The molecule has 1 rings (SSSR count). The zero-order chi connectivity index (χ0) is 13.7. The third-order valence-electron chi connectivity index (χ3n) is 2.55. The number of thiol groups is 1. The van der Waals surface area contributed by atoms with Crippen LogP contribution in [0.4, 0.5) is 5.69 Å². The van der Waals surface area contributed by atoms with Gasteiger partial charge < -0.3 is 14.8 Å². The summed E-state index contributed by atoms with van der Waals surface area (Å²) in [6.07, 6.45) is 0. The second-order valence-corrected chi connectivity index (χ2v) is 4.80. The lowest BCUT2D eigenvalue weighted by Crippen LogP contribution is -2.27. The van der Waals surface area contributed by atoms with Crippen LogP contribution >= 0.6 is 12.6 Å². The normalized spacial score (nSPS) is 12.1. The Morgan fingerprint density at radius 2 is 1.83 bits per heavy atom. The number of hydrogen-bond acceptors (Lipinski definition) is 4. The largest absolute Gasteiger partial charge is 0.493 e. The predicted molar refractivity (Wildman–Crippen MR) is 75.8 cm³/mol. The summed E-state index contributed by atoms with van der Waals surface area (Å²) in [5.74, 6) is 1.26. The molecular formula is C13H19NO3S. The van der Waals surface area contributed by atoms with Gasteiger partial charge in [-0.15, -0.1) is 0 Å². The minimum atomic E-state index is -0.335. The number of nitrogens with one attached hydrogen (secondary N) is 1. The van der Waals surface area contributed by atoms with Gasteiger partial charge in [0.25, 0.3) is 0 Å². The summed E-state index contributed by atoms with van der Waals surface area (Å²) >= 11 is 4.27. The number of benzene rings is 1. The Hall–Kier alpha value is -1.36. The van der Waals surface area contributed by atoms with Crippen LogP contribution < -0.4 is 14.8 Å². The monoisotopic (exact) mass is 269 g/mol. The molecule has 100 valence electrons. The van der Waals surface area contributed by atoms with Crippen molar-refractivity contribution in [3.63, 3.8) is 0 Å². The number of anilines is 1. The van der Waals surface area contributed by atoms with Gasteiger partial charge >= 0.3 is 0 Å². The molecular weight excluding hydrogens is 250 g/mol. The molecule has 0 aromatic heterocycles. The van der Waals surface area contributed by atoms with Crippen LogP contribution in [0.25, 0.3) is 0 Å². The fourth-order valence-electron chi connectivity index (χ4n) is 1.43. The number of rotatable bonds is 5. The molecule has 0 radical (unpaired) electrons. The van der Waals surface area contributed by atoms with Gasteiger partial charge in [-0.25, -0.2) is 0 Å². The van der Waals surface area contributed by atoms with Crippen molar-refractivity contribution in [1.29, 1.82) is 0 Å². The Balaban J connectivity index is 2.82. The Morgan fingerprint density at radius 3 is 2.33 bits per heavy atom. The molecule has 1 N–H and O–H groups in total. The van der Waals surface area contributed by atoms with Gasteiger partial charge in [-0.1, -0.05) is 13.8 Å². The molecule has 0 bridgehead atoms. The number of methoxy groups -OCH3 is 2. The highest BCUT2D eigenvalue weighted by atomic mass is 32.1. The maximum Gasteiger partial charge on any atom is 0.237 e. The van der Waals surface area contributed by atoms with E-state index in [9.17, 15) is 4.79 Å². The Kier molecular flexibility index (Phi) is 5.34. The first kappa shape index (κ1) is 14.7. The predicted octanol–water partition coefficient (Wildman–Crippen LogP) is 2.60. The van der Waals surface area contributed by atoms with Crippen molar-refractivity contribution in [2.75, 3.05) is 19.5 Å². The van der Waals surface area contributed by atoms with Crippen LogP contribution in [-0.4, -0.2) is 25.4 Å². The lowest BCUT2D eigenvalue weighted by molar-refractivity contribution is -0.116. The van der Waals surface area contributed by atoms with Crippen molar-refractivity contribution in [2.24, 2.45) is 5.92 Å². The van der Waals surface area contributed by atoms with E-state index >= 15 is 0 Å². The first-order valence-corrected chi connectivity index (χ1v) is 6.22. The highest BCUT2D eigenvalue weighted by Gasteiger charge is 2.18. The van der Waals surface area contributed by atoms with Crippen molar-refractivity contribution >= 4 is 24.2 Å². The molecule has 0 aliphatic carbocycles.